The van der Waals surface area contributed by atoms with Gasteiger partial charge in [-0.2, -0.15) is 0 Å². The molecule has 0 amide bonds. The van der Waals surface area contributed by atoms with E-state index in [1.807, 2.05) is 0 Å². The Balaban J connectivity index is 1.40. The first kappa shape index (κ1) is 23.2. The molecule has 0 aliphatic heterocycles. The summed E-state index contributed by atoms with van der Waals surface area (Å²) in [6.45, 7) is 1.09. The zero-order valence-corrected chi connectivity index (χ0v) is 16.9. The SMILES string of the molecule is Nc1ccc(OC(=O)CCCCCOCCOCC(=O)Oc2ccc(N)cc2)cc1. The lowest BCUT2D eigenvalue weighted by Gasteiger charge is -2.07. The van der Waals surface area contributed by atoms with Crippen LogP contribution in [0.5, 0.6) is 11.5 Å². The van der Waals surface area contributed by atoms with Crippen molar-refractivity contribution in [3.63, 3.8) is 0 Å². The molecule has 0 heterocycles. The Hall–Kier alpha value is -3.10. The fourth-order valence-electron chi connectivity index (χ4n) is 2.44. The van der Waals surface area contributed by atoms with Gasteiger partial charge in [0, 0.05) is 24.4 Å². The number of carbonyl (C=O) groups is 2. The Labute approximate surface area is 176 Å². The van der Waals surface area contributed by atoms with Crippen molar-refractivity contribution in [2.45, 2.75) is 25.7 Å². The molecule has 0 radical (unpaired) electrons. The molecular formula is C22H28N2O6. The summed E-state index contributed by atoms with van der Waals surface area (Å²) in [7, 11) is 0. The number of anilines is 2. The quantitative estimate of drug-likeness (QED) is 0.221. The van der Waals surface area contributed by atoms with E-state index >= 15 is 0 Å². The maximum absolute atomic E-state index is 11.7. The van der Waals surface area contributed by atoms with Crippen LogP contribution < -0.4 is 20.9 Å². The molecule has 0 aromatic heterocycles. The highest BCUT2D eigenvalue weighted by molar-refractivity contribution is 5.73. The van der Waals surface area contributed by atoms with Crippen molar-refractivity contribution in [2.75, 3.05) is 37.9 Å². The highest BCUT2D eigenvalue weighted by Crippen LogP contribution is 2.15. The van der Waals surface area contributed by atoms with Gasteiger partial charge in [0.2, 0.25) is 0 Å². The van der Waals surface area contributed by atoms with Gasteiger partial charge in [0.05, 0.1) is 13.2 Å². The molecule has 8 heteroatoms. The zero-order chi connectivity index (χ0) is 21.6. The van der Waals surface area contributed by atoms with Gasteiger partial charge in [0.15, 0.2) is 0 Å². The largest absolute Gasteiger partial charge is 0.427 e. The predicted molar refractivity (Wildman–Crippen MR) is 113 cm³/mol. The Morgan fingerprint density at radius 1 is 0.633 bits per heavy atom. The van der Waals surface area contributed by atoms with E-state index in [0.717, 1.165) is 19.3 Å². The minimum Gasteiger partial charge on any atom is -0.427 e. The Kier molecular flexibility index (Phi) is 10.2. The average molecular weight is 416 g/mol. The van der Waals surface area contributed by atoms with Crippen LogP contribution in [0.3, 0.4) is 0 Å². The normalized spacial score (nSPS) is 10.5. The van der Waals surface area contributed by atoms with E-state index in [9.17, 15) is 9.59 Å². The van der Waals surface area contributed by atoms with Crippen LogP contribution in [-0.2, 0) is 19.1 Å². The van der Waals surface area contributed by atoms with Crippen LogP contribution in [0, 0.1) is 0 Å². The van der Waals surface area contributed by atoms with Crippen molar-refractivity contribution in [1.82, 2.24) is 0 Å². The molecule has 2 aromatic carbocycles. The summed E-state index contributed by atoms with van der Waals surface area (Å²) in [6.07, 6.45) is 2.76. The van der Waals surface area contributed by atoms with Crippen molar-refractivity contribution < 1.29 is 28.5 Å². The molecule has 30 heavy (non-hydrogen) atoms. The van der Waals surface area contributed by atoms with Crippen molar-refractivity contribution in [1.29, 1.82) is 0 Å². The van der Waals surface area contributed by atoms with E-state index in [2.05, 4.69) is 0 Å². The lowest BCUT2D eigenvalue weighted by molar-refractivity contribution is -0.140. The molecular weight excluding hydrogens is 388 g/mol. The summed E-state index contributed by atoms with van der Waals surface area (Å²) in [5.74, 6) is 0.173. The number of nitrogens with two attached hydrogens (primary N) is 2. The molecule has 2 rings (SSSR count). The van der Waals surface area contributed by atoms with Gasteiger partial charge in [-0.15, -0.1) is 0 Å². The smallest absolute Gasteiger partial charge is 0.337 e. The zero-order valence-electron chi connectivity index (χ0n) is 16.9. The number of unbranched alkanes of at least 4 members (excludes halogenated alkanes) is 2. The highest BCUT2D eigenvalue weighted by Gasteiger charge is 2.06. The lowest BCUT2D eigenvalue weighted by atomic mass is 10.2. The third-order valence-corrected chi connectivity index (χ3v) is 3.99. The summed E-state index contributed by atoms with van der Waals surface area (Å²) in [6, 6.07) is 13.3. The van der Waals surface area contributed by atoms with Gasteiger partial charge in [-0.1, -0.05) is 6.42 Å². The lowest BCUT2D eigenvalue weighted by Crippen LogP contribution is -2.17. The van der Waals surface area contributed by atoms with Gasteiger partial charge in [-0.05, 0) is 61.4 Å². The number of esters is 2. The number of rotatable bonds is 13. The summed E-state index contributed by atoms with van der Waals surface area (Å²) < 4.78 is 21.0. The third-order valence-electron chi connectivity index (χ3n) is 3.99. The summed E-state index contributed by atoms with van der Waals surface area (Å²) in [5.41, 5.74) is 12.4. The van der Waals surface area contributed by atoms with E-state index in [4.69, 9.17) is 30.4 Å². The molecule has 4 N–H and O–H groups in total. The first-order valence-electron chi connectivity index (χ1n) is 9.81. The van der Waals surface area contributed by atoms with E-state index in [1.165, 1.54) is 0 Å². The molecule has 0 saturated heterocycles. The van der Waals surface area contributed by atoms with Crippen LogP contribution in [0.2, 0.25) is 0 Å². The van der Waals surface area contributed by atoms with Crippen molar-refractivity contribution in [3.8, 4) is 11.5 Å². The molecule has 2 aromatic rings. The van der Waals surface area contributed by atoms with Crippen LogP contribution in [-0.4, -0.2) is 38.4 Å². The molecule has 0 aliphatic rings. The maximum atomic E-state index is 11.7. The van der Waals surface area contributed by atoms with Crippen molar-refractivity contribution in [2.24, 2.45) is 0 Å². The van der Waals surface area contributed by atoms with Crippen LogP contribution in [0.15, 0.2) is 48.5 Å². The standard InChI is InChI=1S/C22H28N2O6/c23-17-5-9-19(10-6-17)29-21(25)4-2-1-3-13-27-14-15-28-16-22(26)30-20-11-7-18(24)8-12-20/h5-12H,1-4,13-16,23-24H2. The van der Waals surface area contributed by atoms with Gasteiger partial charge in [-0.3, -0.25) is 4.79 Å². The third kappa shape index (κ3) is 9.90. The number of nitrogen functional groups attached to an aromatic ring is 2. The molecule has 0 aliphatic carbocycles. The van der Waals surface area contributed by atoms with Crippen LogP contribution in [0.1, 0.15) is 25.7 Å². The van der Waals surface area contributed by atoms with E-state index < -0.39 is 5.97 Å². The highest BCUT2D eigenvalue weighted by atomic mass is 16.6. The second-order valence-electron chi connectivity index (χ2n) is 6.56. The molecule has 0 saturated carbocycles. The van der Waals surface area contributed by atoms with Gasteiger partial charge < -0.3 is 30.4 Å². The van der Waals surface area contributed by atoms with E-state index in [0.29, 0.717) is 49.1 Å². The Morgan fingerprint density at radius 3 is 1.77 bits per heavy atom. The topological polar surface area (TPSA) is 123 Å². The number of ether oxygens (including phenoxy) is 4. The maximum Gasteiger partial charge on any atom is 0.337 e. The molecule has 0 bridgehead atoms. The molecule has 8 nitrogen and oxygen atoms in total. The van der Waals surface area contributed by atoms with Crippen molar-refractivity contribution >= 4 is 23.3 Å². The van der Waals surface area contributed by atoms with Crippen molar-refractivity contribution in [3.05, 3.63) is 48.5 Å². The Morgan fingerprint density at radius 2 is 1.17 bits per heavy atom. The second-order valence-corrected chi connectivity index (χ2v) is 6.56. The molecule has 0 fully saturated rings. The average Bonchev–Trinajstić information content (AvgIpc) is 2.73. The van der Waals surface area contributed by atoms with Crippen LogP contribution in [0.4, 0.5) is 11.4 Å². The first-order chi connectivity index (χ1) is 14.5. The first-order valence-corrected chi connectivity index (χ1v) is 9.81. The summed E-state index contributed by atoms with van der Waals surface area (Å²) in [4.78, 5) is 23.4. The Bertz CT molecular complexity index is 710. The number of benzene rings is 2. The number of hydrogen-bond acceptors (Lipinski definition) is 8. The van der Waals surface area contributed by atoms with E-state index in [-0.39, 0.29) is 12.6 Å². The van der Waals surface area contributed by atoms with E-state index in [1.54, 1.807) is 48.5 Å². The molecule has 162 valence electrons. The van der Waals surface area contributed by atoms with Gasteiger partial charge in [-0.25, -0.2) is 4.79 Å². The van der Waals surface area contributed by atoms with Gasteiger partial charge in [0.1, 0.15) is 18.1 Å². The summed E-state index contributed by atoms with van der Waals surface area (Å²) >= 11 is 0. The van der Waals surface area contributed by atoms with Crippen LogP contribution in [0.25, 0.3) is 0 Å². The van der Waals surface area contributed by atoms with Crippen LogP contribution >= 0.6 is 0 Å². The van der Waals surface area contributed by atoms with Gasteiger partial charge in [0.25, 0.3) is 0 Å². The number of hydrogen-bond donors (Lipinski definition) is 2. The second kappa shape index (κ2) is 13.2. The number of carbonyl (C=O) groups excluding carboxylic acids is 2. The minimum absolute atomic E-state index is 0.149. The summed E-state index contributed by atoms with van der Waals surface area (Å²) in [5, 5.41) is 0. The fourth-order valence-corrected chi connectivity index (χ4v) is 2.44. The molecule has 0 unspecified atom stereocenters. The molecule has 0 atom stereocenters. The molecule has 0 spiro atoms. The predicted octanol–water partition coefficient (Wildman–Crippen LogP) is 2.96. The fraction of sp³-hybridized carbons (Fsp3) is 0.364. The monoisotopic (exact) mass is 416 g/mol. The minimum atomic E-state index is -0.481. The van der Waals surface area contributed by atoms with Gasteiger partial charge >= 0.3 is 11.9 Å².